The average molecular weight is 142 g/mol. The van der Waals surface area contributed by atoms with E-state index >= 15 is 0 Å². The molecule has 0 aliphatic heterocycles. The maximum absolute atomic E-state index is 12.5. The van der Waals surface area contributed by atoms with E-state index in [2.05, 4.69) is 0 Å². The van der Waals surface area contributed by atoms with Gasteiger partial charge < -0.3 is 10.2 Å². The molecule has 0 bridgehead atoms. The number of hydrogen-bond acceptors (Lipinski definition) is 2. The monoisotopic (exact) mass is 142 g/mol. The van der Waals surface area contributed by atoms with Gasteiger partial charge in [-0.2, -0.15) is 0 Å². The molecule has 2 nitrogen and oxygen atoms in total. The predicted octanol–water partition coefficient (Wildman–Crippen LogP) is 1.55. The van der Waals surface area contributed by atoms with Gasteiger partial charge in [-0.1, -0.05) is 0 Å². The van der Waals surface area contributed by atoms with Crippen molar-refractivity contribution in [3.05, 3.63) is 23.5 Å². The van der Waals surface area contributed by atoms with Crippen molar-refractivity contribution in [3.8, 4) is 11.5 Å². The zero-order chi connectivity index (χ0) is 7.72. The molecule has 2 N–H and O–H groups in total. The molecule has 1 aromatic carbocycles. The van der Waals surface area contributed by atoms with Crippen LogP contribution in [0.25, 0.3) is 0 Å². The van der Waals surface area contributed by atoms with Crippen LogP contribution in [0.5, 0.6) is 11.5 Å². The highest BCUT2D eigenvalue weighted by molar-refractivity contribution is 5.40. The first-order valence-electron chi connectivity index (χ1n) is 2.79. The van der Waals surface area contributed by atoms with E-state index in [4.69, 9.17) is 10.2 Å². The van der Waals surface area contributed by atoms with Crippen molar-refractivity contribution < 1.29 is 14.6 Å². The van der Waals surface area contributed by atoms with Gasteiger partial charge in [-0.3, -0.25) is 0 Å². The zero-order valence-electron chi connectivity index (χ0n) is 5.43. The van der Waals surface area contributed by atoms with E-state index in [9.17, 15) is 4.39 Å². The molecule has 0 heterocycles. The molecule has 0 fully saturated rings. The first kappa shape index (κ1) is 6.86. The van der Waals surface area contributed by atoms with Crippen LogP contribution in [-0.2, 0) is 0 Å². The van der Waals surface area contributed by atoms with Crippen LogP contribution >= 0.6 is 0 Å². The Labute approximate surface area is 57.6 Å². The Morgan fingerprint density at radius 2 is 1.70 bits per heavy atom. The number of rotatable bonds is 0. The number of phenolic OH excluding ortho intramolecular Hbond substituents is 2. The van der Waals surface area contributed by atoms with E-state index in [1.54, 1.807) is 0 Å². The Morgan fingerprint density at radius 3 is 2.20 bits per heavy atom. The van der Waals surface area contributed by atoms with Crippen molar-refractivity contribution in [1.82, 2.24) is 0 Å². The second kappa shape index (κ2) is 2.17. The van der Waals surface area contributed by atoms with E-state index in [1.165, 1.54) is 13.0 Å². The fraction of sp³-hybridized carbons (Fsp3) is 0.143. The minimum absolute atomic E-state index is 0.293. The van der Waals surface area contributed by atoms with Crippen molar-refractivity contribution in [2.75, 3.05) is 0 Å². The minimum atomic E-state index is -0.518. The third-order valence-corrected chi connectivity index (χ3v) is 1.26. The van der Waals surface area contributed by atoms with Crippen LogP contribution in [-0.4, -0.2) is 10.2 Å². The topological polar surface area (TPSA) is 40.5 Å². The quantitative estimate of drug-likeness (QED) is 0.539. The molecule has 1 aromatic rings. The average Bonchev–Trinajstić information content (AvgIpc) is 1.84. The summed E-state index contributed by atoms with van der Waals surface area (Å²) in [6.45, 7) is 1.51. The number of benzene rings is 1. The van der Waals surface area contributed by atoms with E-state index in [0.717, 1.165) is 6.07 Å². The number of phenols is 2. The molecule has 0 aromatic heterocycles. The van der Waals surface area contributed by atoms with Crippen molar-refractivity contribution in [2.45, 2.75) is 6.92 Å². The first-order chi connectivity index (χ1) is 4.61. The van der Waals surface area contributed by atoms with Crippen molar-refractivity contribution >= 4 is 0 Å². The molecule has 1 rings (SSSR count). The van der Waals surface area contributed by atoms with Gasteiger partial charge >= 0.3 is 0 Å². The van der Waals surface area contributed by atoms with Gasteiger partial charge in [0.05, 0.1) is 0 Å². The van der Waals surface area contributed by atoms with Gasteiger partial charge in [-0.05, 0) is 18.6 Å². The van der Waals surface area contributed by atoms with Gasteiger partial charge in [-0.25, -0.2) is 4.39 Å². The summed E-state index contributed by atoms with van der Waals surface area (Å²) in [5, 5.41) is 17.5. The molecule has 0 radical (unpaired) electrons. The van der Waals surface area contributed by atoms with Gasteiger partial charge in [0.2, 0.25) is 0 Å². The molecule has 0 aliphatic carbocycles. The van der Waals surface area contributed by atoms with E-state index in [1.807, 2.05) is 0 Å². The molecule has 0 amide bonds. The zero-order valence-corrected chi connectivity index (χ0v) is 5.43. The highest BCUT2D eigenvalue weighted by atomic mass is 19.1. The predicted molar refractivity (Wildman–Crippen MR) is 34.5 cm³/mol. The maximum atomic E-state index is 12.5. The van der Waals surface area contributed by atoms with Gasteiger partial charge in [0, 0.05) is 6.07 Å². The van der Waals surface area contributed by atoms with Crippen molar-refractivity contribution in [1.29, 1.82) is 0 Å². The lowest BCUT2D eigenvalue weighted by atomic mass is 10.2. The minimum Gasteiger partial charge on any atom is -0.504 e. The molecule has 0 saturated heterocycles. The third-order valence-electron chi connectivity index (χ3n) is 1.26. The molecule has 54 valence electrons. The number of aromatic hydroxyl groups is 2. The summed E-state index contributed by atoms with van der Waals surface area (Å²) in [4.78, 5) is 0. The number of hydrogen-bond donors (Lipinski definition) is 2. The largest absolute Gasteiger partial charge is 0.504 e. The summed E-state index contributed by atoms with van der Waals surface area (Å²) in [5.74, 6) is -1.24. The fourth-order valence-corrected chi connectivity index (χ4v) is 0.656. The molecule has 0 unspecified atom stereocenters. The van der Waals surface area contributed by atoms with Crippen LogP contribution in [0.3, 0.4) is 0 Å². The summed E-state index contributed by atoms with van der Waals surface area (Å²) in [6, 6.07) is 2.05. The number of halogens is 1. The SMILES string of the molecule is Cc1cc(O)c(O)cc1F. The highest BCUT2D eigenvalue weighted by Crippen LogP contribution is 2.26. The van der Waals surface area contributed by atoms with Crippen LogP contribution in [0.2, 0.25) is 0 Å². The Kier molecular flexibility index (Phi) is 1.49. The van der Waals surface area contributed by atoms with Crippen LogP contribution in [0.1, 0.15) is 5.56 Å². The van der Waals surface area contributed by atoms with Gasteiger partial charge in [0.15, 0.2) is 11.5 Å². The number of aryl methyl sites for hydroxylation is 1. The van der Waals surface area contributed by atoms with E-state index in [0.29, 0.717) is 5.56 Å². The van der Waals surface area contributed by atoms with Gasteiger partial charge in [0.1, 0.15) is 5.82 Å². The van der Waals surface area contributed by atoms with Gasteiger partial charge in [-0.15, -0.1) is 0 Å². The van der Waals surface area contributed by atoms with Crippen LogP contribution in [0.15, 0.2) is 12.1 Å². The Bertz CT molecular complexity index is 208. The maximum Gasteiger partial charge on any atom is 0.160 e. The Morgan fingerprint density at radius 1 is 1.20 bits per heavy atom. The standard InChI is InChI=1S/C7H7FO2/c1-4-2-6(9)7(10)3-5(4)8/h2-3,9-10H,1H3. The summed E-state index contributed by atoms with van der Waals surface area (Å²) in [5.41, 5.74) is 0.315. The second-order valence-electron chi connectivity index (χ2n) is 2.09. The lowest BCUT2D eigenvalue weighted by molar-refractivity contribution is 0.399. The third kappa shape index (κ3) is 1.03. The summed E-state index contributed by atoms with van der Waals surface area (Å²) in [6.07, 6.45) is 0. The first-order valence-corrected chi connectivity index (χ1v) is 2.79. The summed E-state index contributed by atoms with van der Waals surface area (Å²) in [7, 11) is 0. The summed E-state index contributed by atoms with van der Waals surface area (Å²) < 4.78 is 12.5. The van der Waals surface area contributed by atoms with Crippen LogP contribution < -0.4 is 0 Å². The Hall–Kier alpha value is -1.25. The van der Waals surface area contributed by atoms with Crippen LogP contribution in [0, 0.1) is 12.7 Å². The molecule has 0 atom stereocenters. The second-order valence-corrected chi connectivity index (χ2v) is 2.09. The van der Waals surface area contributed by atoms with Gasteiger partial charge in [0.25, 0.3) is 0 Å². The molecule has 0 aliphatic rings. The van der Waals surface area contributed by atoms with Crippen molar-refractivity contribution in [3.63, 3.8) is 0 Å². The highest BCUT2D eigenvalue weighted by Gasteiger charge is 2.03. The normalized spacial score (nSPS) is 9.80. The molecule has 3 heteroatoms. The van der Waals surface area contributed by atoms with E-state index in [-0.39, 0.29) is 5.75 Å². The lowest BCUT2D eigenvalue weighted by Crippen LogP contribution is -1.80. The molecule has 0 saturated carbocycles. The Balaban J connectivity index is 3.28. The van der Waals surface area contributed by atoms with E-state index < -0.39 is 11.6 Å². The fourth-order valence-electron chi connectivity index (χ4n) is 0.656. The van der Waals surface area contributed by atoms with Crippen LogP contribution in [0.4, 0.5) is 4.39 Å². The summed E-state index contributed by atoms with van der Waals surface area (Å²) >= 11 is 0. The smallest absolute Gasteiger partial charge is 0.160 e. The molecular weight excluding hydrogens is 135 g/mol. The van der Waals surface area contributed by atoms with Crippen molar-refractivity contribution in [2.24, 2.45) is 0 Å². The lowest BCUT2D eigenvalue weighted by Gasteiger charge is -1.98. The molecular formula is C7H7FO2. The molecule has 10 heavy (non-hydrogen) atoms. The molecule has 0 spiro atoms.